The van der Waals surface area contributed by atoms with Crippen LogP contribution in [0.3, 0.4) is 0 Å². The highest BCUT2D eigenvalue weighted by Crippen LogP contribution is 2.31. The van der Waals surface area contributed by atoms with Crippen molar-refractivity contribution < 1.29 is 4.74 Å². The third-order valence-corrected chi connectivity index (χ3v) is 6.97. The number of rotatable bonds is 7. The van der Waals surface area contributed by atoms with Gasteiger partial charge in [0.05, 0.1) is 10.9 Å². The first-order chi connectivity index (χ1) is 17.2. The number of nitrogens with zero attached hydrogens (tertiary/aromatic N) is 6. The molecule has 9 heteroatoms. The predicted octanol–water partition coefficient (Wildman–Crippen LogP) is 3.77. The molecule has 4 aromatic rings. The third-order valence-electron chi connectivity index (χ3n) is 6.60. The summed E-state index contributed by atoms with van der Waals surface area (Å²) in [6.45, 7) is 4.22. The summed E-state index contributed by atoms with van der Waals surface area (Å²) < 4.78 is 5.98. The maximum atomic E-state index is 6.26. The molecule has 1 aromatic carbocycles. The molecule has 2 aliphatic rings. The molecule has 0 spiro atoms. The smallest absolute Gasteiger partial charge is 0.223 e. The molecule has 0 aliphatic carbocycles. The molecule has 6 rings (SSSR count). The van der Waals surface area contributed by atoms with Gasteiger partial charge >= 0.3 is 0 Å². The number of aromatic nitrogens is 4. The second-order valence-electron chi connectivity index (χ2n) is 8.85. The SMILES string of the molecule is Clc1ccccc1CNc1ncc2c(N3CCN(C4OC4Cc4ccncc4)CC3)nccc2n1. The van der Waals surface area contributed by atoms with Crippen molar-refractivity contribution in [2.45, 2.75) is 25.3 Å². The number of benzene rings is 1. The maximum Gasteiger partial charge on any atom is 0.223 e. The van der Waals surface area contributed by atoms with Gasteiger partial charge in [-0.15, -0.1) is 0 Å². The van der Waals surface area contributed by atoms with Crippen LogP contribution in [0, 0.1) is 0 Å². The number of nitrogens with one attached hydrogen (secondary N) is 1. The van der Waals surface area contributed by atoms with Gasteiger partial charge in [0.2, 0.25) is 5.95 Å². The van der Waals surface area contributed by atoms with Gasteiger partial charge in [-0.05, 0) is 35.4 Å². The first-order valence-electron chi connectivity index (χ1n) is 11.9. The highest BCUT2D eigenvalue weighted by atomic mass is 35.5. The van der Waals surface area contributed by atoms with E-state index in [1.54, 1.807) is 0 Å². The Kier molecular flexibility index (Phi) is 6.16. The molecule has 2 fully saturated rings. The quantitative estimate of drug-likeness (QED) is 0.394. The van der Waals surface area contributed by atoms with Crippen molar-refractivity contribution in [3.8, 4) is 0 Å². The maximum absolute atomic E-state index is 6.26. The van der Waals surface area contributed by atoms with Crippen molar-refractivity contribution in [3.05, 3.63) is 83.4 Å². The molecule has 2 aliphatic heterocycles. The zero-order valence-corrected chi connectivity index (χ0v) is 20.0. The van der Waals surface area contributed by atoms with E-state index < -0.39 is 0 Å². The molecule has 0 radical (unpaired) electrons. The summed E-state index contributed by atoms with van der Waals surface area (Å²) in [5.41, 5.74) is 3.15. The van der Waals surface area contributed by atoms with E-state index in [0.29, 0.717) is 12.5 Å². The molecule has 0 amide bonds. The third kappa shape index (κ3) is 4.91. The minimum absolute atomic E-state index is 0.209. The van der Waals surface area contributed by atoms with E-state index in [4.69, 9.17) is 21.3 Å². The molecule has 2 saturated heterocycles. The Labute approximate surface area is 209 Å². The van der Waals surface area contributed by atoms with Crippen molar-refractivity contribution in [2.24, 2.45) is 0 Å². The Morgan fingerprint density at radius 3 is 2.63 bits per heavy atom. The highest BCUT2D eigenvalue weighted by Gasteiger charge is 2.44. The number of piperazine rings is 1. The number of anilines is 2. The number of hydrogen-bond acceptors (Lipinski definition) is 8. The second-order valence-corrected chi connectivity index (χ2v) is 9.26. The lowest BCUT2D eigenvalue weighted by Gasteiger charge is -2.35. The Bertz CT molecular complexity index is 1310. The fraction of sp³-hybridized carbons (Fsp3) is 0.308. The monoisotopic (exact) mass is 487 g/mol. The van der Waals surface area contributed by atoms with Gasteiger partial charge in [0.25, 0.3) is 0 Å². The number of fused-ring (bicyclic) bond motifs is 1. The minimum Gasteiger partial charge on any atom is -0.353 e. The highest BCUT2D eigenvalue weighted by molar-refractivity contribution is 6.31. The molecule has 0 bridgehead atoms. The molecule has 35 heavy (non-hydrogen) atoms. The van der Waals surface area contributed by atoms with E-state index in [9.17, 15) is 0 Å². The van der Waals surface area contributed by atoms with E-state index in [1.165, 1.54) is 5.56 Å². The van der Waals surface area contributed by atoms with Gasteiger partial charge in [-0.1, -0.05) is 29.8 Å². The summed E-state index contributed by atoms with van der Waals surface area (Å²) in [4.78, 5) is 22.8. The molecular formula is C26H26ClN7O. The largest absolute Gasteiger partial charge is 0.353 e. The standard InChI is InChI=1S/C26H26ClN7O/c27-21-4-2-1-3-19(21)16-30-26-31-17-20-22(32-26)7-10-29-24(20)33-11-13-34(14-12-33)25-23(35-25)15-18-5-8-28-9-6-18/h1-10,17,23,25H,11-16H2,(H,30,31,32). The summed E-state index contributed by atoms with van der Waals surface area (Å²) in [6.07, 6.45) is 8.77. The molecule has 1 N–H and O–H groups in total. The van der Waals surface area contributed by atoms with E-state index in [0.717, 1.165) is 59.9 Å². The summed E-state index contributed by atoms with van der Waals surface area (Å²) >= 11 is 6.26. The fourth-order valence-corrected chi connectivity index (χ4v) is 4.84. The first-order valence-corrected chi connectivity index (χ1v) is 12.2. The Balaban J connectivity index is 1.08. The molecule has 0 saturated carbocycles. The van der Waals surface area contributed by atoms with Crippen LogP contribution >= 0.6 is 11.6 Å². The van der Waals surface area contributed by atoms with Gasteiger partial charge < -0.3 is 15.0 Å². The van der Waals surface area contributed by atoms with E-state index in [2.05, 4.69) is 42.2 Å². The van der Waals surface area contributed by atoms with Gasteiger partial charge in [-0.3, -0.25) is 9.88 Å². The summed E-state index contributed by atoms with van der Waals surface area (Å²) in [7, 11) is 0. The molecule has 5 heterocycles. The van der Waals surface area contributed by atoms with Crippen molar-refractivity contribution in [2.75, 3.05) is 36.4 Å². The van der Waals surface area contributed by atoms with E-state index in [-0.39, 0.29) is 12.3 Å². The molecular weight excluding hydrogens is 462 g/mol. The van der Waals surface area contributed by atoms with Crippen molar-refractivity contribution >= 4 is 34.3 Å². The van der Waals surface area contributed by atoms with Crippen LogP contribution in [0.15, 0.2) is 67.3 Å². The Morgan fingerprint density at radius 1 is 0.971 bits per heavy atom. The van der Waals surface area contributed by atoms with Gasteiger partial charge in [0.15, 0.2) is 0 Å². The average molecular weight is 488 g/mol. The van der Waals surface area contributed by atoms with Crippen LogP contribution in [0.25, 0.3) is 10.9 Å². The van der Waals surface area contributed by atoms with Crippen molar-refractivity contribution in [1.82, 2.24) is 24.8 Å². The number of epoxide rings is 1. The number of ether oxygens (including phenoxy) is 1. The molecule has 2 unspecified atom stereocenters. The Morgan fingerprint density at radius 2 is 1.80 bits per heavy atom. The number of hydrogen-bond donors (Lipinski definition) is 1. The van der Waals surface area contributed by atoms with E-state index >= 15 is 0 Å². The fourth-order valence-electron chi connectivity index (χ4n) is 4.64. The second kappa shape index (κ2) is 9.73. The summed E-state index contributed by atoms with van der Waals surface area (Å²) in [5.74, 6) is 1.51. The summed E-state index contributed by atoms with van der Waals surface area (Å²) in [5, 5.41) is 4.96. The lowest BCUT2D eigenvalue weighted by atomic mass is 10.1. The van der Waals surface area contributed by atoms with Crippen LogP contribution in [0.5, 0.6) is 0 Å². The summed E-state index contributed by atoms with van der Waals surface area (Å²) in [6, 6.07) is 13.8. The zero-order chi connectivity index (χ0) is 23.6. The van der Waals surface area contributed by atoms with Crippen LogP contribution in [0.2, 0.25) is 5.02 Å². The Hall–Kier alpha value is -3.33. The van der Waals surface area contributed by atoms with Gasteiger partial charge in [0, 0.05) is 69.0 Å². The van der Waals surface area contributed by atoms with E-state index in [1.807, 2.05) is 55.1 Å². The lowest BCUT2D eigenvalue weighted by molar-refractivity contribution is 0.166. The molecule has 3 aromatic heterocycles. The van der Waals surface area contributed by atoms with Crippen LogP contribution in [-0.2, 0) is 17.7 Å². The van der Waals surface area contributed by atoms with Gasteiger partial charge in [-0.2, -0.15) is 0 Å². The van der Waals surface area contributed by atoms with Crippen LogP contribution in [0.1, 0.15) is 11.1 Å². The van der Waals surface area contributed by atoms with Crippen LogP contribution < -0.4 is 10.2 Å². The molecule has 178 valence electrons. The lowest BCUT2D eigenvalue weighted by Crippen LogP contribution is -2.48. The average Bonchev–Trinajstić information content (AvgIpc) is 3.67. The van der Waals surface area contributed by atoms with Gasteiger partial charge in [0.1, 0.15) is 18.1 Å². The van der Waals surface area contributed by atoms with Crippen LogP contribution in [0.4, 0.5) is 11.8 Å². The molecule has 8 nitrogen and oxygen atoms in total. The zero-order valence-electron chi connectivity index (χ0n) is 19.2. The van der Waals surface area contributed by atoms with Crippen LogP contribution in [-0.4, -0.2) is 63.3 Å². The van der Waals surface area contributed by atoms with Crippen molar-refractivity contribution in [1.29, 1.82) is 0 Å². The minimum atomic E-state index is 0.209. The van der Waals surface area contributed by atoms with Crippen molar-refractivity contribution in [3.63, 3.8) is 0 Å². The normalized spacial score (nSPS) is 20.2. The van der Waals surface area contributed by atoms with Gasteiger partial charge in [-0.25, -0.2) is 15.0 Å². The topological polar surface area (TPSA) is 82.6 Å². The number of pyridine rings is 2. The molecule has 2 atom stereocenters. The first kappa shape index (κ1) is 22.2. The predicted molar refractivity (Wildman–Crippen MR) is 136 cm³/mol. The number of halogens is 1.